The van der Waals surface area contributed by atoms with Crippen LogP contribution in [0.2, 0.25) is 0 Å². The number of carbonyl (C=O) groups excluding carboxylic acids is 1. The fourth-order valence-electron chi connectivity index (χ4n) is 2.44. The van der Waals surface area contributed by atoms with Gasteiger partial charge in [-0.3, -0.25) is 9.48 Å². The maximum atomic E-state index is 12.0. The molecule has 7 heteroatoms. The molecule has 1 atom stereocenters. The lowest BCUT2D eigenvalue weighted by Crippen LogP contribution is -2.25. The number of amides is 1. The molecular weight excluding hydrogens is 282 g/mol. The minimum atomic E-state index is -0.167. The summed E-state index contributed by atoms with van der Waals surface area (Å²) in [6, 6.07) is 1.68. The van der Waals surface area contributed by atoms with Crippen molar-refractivity contribution in [2.45, 2.75) is 31.9 Å². The second kappa shape index (κ2) is 6.65. The lowest BCUT2D eigenvalue weighted by molar-refractivity contribution is 0.00940. The Morgan fingerprint density at radius 1 is 1.41 bits per heavy atom. The maximum absolute atomic E-state index is 12.0. The Morgan fingerprint density at radius 3 is 2.86 bits per heavy atom. The van der Waals surface area contributed by atoms with Crippen LogP contribution >= 0.6 is 0 Å². The van der Waals surface area contributed by atoms with E-state index in [9.17, 15) is 4.79 Å². The molecule has 2 aromatic heterocycles. The van der Waals surface area contributed by atoms with Crippen molar-refractivity contribution in [1.29, 1.82) is 0 Å². The standard InChI is InChI=1S/C15H19N5O2/c1-20-12(5-6-19-20)15(21)18-10-11-8-16-14(17-9-11)13-4-2-3-7-22-13/h5-6,8-9,13H,2-4,7,10H2,1H3,(H,18,21). The third kappa shape index (κ3) is 3.30. The summed E-state index contributed by atoms with van der Waals surface area (Å²) in [4.78, 5) is 20.7. The molecule has 0 spiro atoms. The van der Waals surface area contributed by atoms with Crippen LogP contribution in [0.15, 0.2) is 24.7 Å². The van der Waals surface area contributed by atoms with Crippen molar-refractivity contribution in [3.8, 4) is 0 Å². The van der Waals surface area contributed by atoms with Crippen molar-refractivity contribution < 1.29 is 9.53 Å². The lowest BCUT2D eigenvalue weighted by Gasteiger charge is -2.21. The van der Waals surface area contributed by atoms with Gasteiger partial charge < -0.3 is 10.1 Å². The van der Waals surface area contributed by atoms with Gasteiger partial charge in [0.1, 0.15) is 11.8 Å². The van der Waals surface area contributed by atoms with Gasteiger partial charge in [-0.2, -0.15) is 5.10 Å². The highest BCUT2D eigenvalue weighted by Gasteiger charge is 2.18. The summed E-state index contributed by atoms with van der Waals surface area (Å²) in [6.45, 7) is 1.16. The molecule has 1 N–H and O–H groups in total. The fraction of sp³-hybridized carbons (Fsp3) is 0.467. The molecule has 2 aromatic rings. The van der Waals surface area contributed by atoms with Crippen molar-refractivity contribution in [3.63, 3.8) is 0 Å². The van der Waals surface area contributed by atoms with Crippen LogP contribution in [0.25, 0.3) is 0 Å². The smallest absolute Gasteiger partial charge is 0.269 e. The van der Waals surface area contributed by atoms with E-state index < -0.39 is 0 Å². The predicted molar refractivity (Wildman–Crippen MR) is 79.0 cm³/mol. The highest BCUT2D eigenvalue weighted by Crippen LogP contribution is 2.24. The molecule has 22 heavy (non-hydrogen) atoms. The van der Waals surface area contributed by atoms with Gasteiger partial charge in [0.25, 0.3) is 5.91 Å². The van der Waals surface area contributed by atoms with Crippen LogP contribution in [0.5, 0.6) is 0 Å². The Balaban J connectivity index is 1.57. The molecule has 1 amide bonds. The topological polar surface area (TPSA) is 81.9 Å². The van der Waals surface area contributed by atoms with Gasteiger partial charge in [0.2, 0.25) is 0 Å². The van der Waals surface area contributed by atoms with Crippen LogP contribution in [-0.2, 0) is 18.3 Å². The third-order valence-electron chi connectivity index (χ3n) is 3.70. The van der Waals surface area contributed by atoms with E-state index in [4.69, 9.17) is 4.74 Å². The Hall–Kier alpha value is -2.28. The second-order valence-electron chi connectivity index (χ2n) is 5.33. The molecule has 0 aromatic carbocycles. The van der Waals surface area contributed by atoms with Crippen molar-refractivity contribution in [2.24, 2.45) is 7.05 Å². The van der Waals surface area contributed by atoms with Crippen LogP contribution in [0.1, 0.15) is 47.2 Å². The number of ether oxygens (including phenoxy) is 1. The van der Waals surface area contributed by atoms with Crippen LogP contribution in [-0.4, -0.2) is 32.3 Å². The maximum Gasteiger partial charge on any atom is 0.269 e. The second-order valence-corrected chi connectivity index (χ2v) is 5.33. The van der Waals surface area contributed by atoms with E-state index in [-0.39, 0.29) is 12.0 Å². The average molecular weight is 301 g/mol. The van der Waals surface area contributed by atoms with Gasteiger partial charge >= 0.3 is 0 Å². The Morgan fingerprint density at radius 2 is 2.23 bits per heavy atom. The van der Waals surface area contributed by atoms with Crippen molar-refractivity contribution >= 4 is 5.91 Å². The van der Waals surface area contributed by atoms with Crippen LogP contribution in [0.3, 0.4) is 0 Å². The van der Waals surface area contributed by atoms with Crippen molar-refractivity contribution in [3.05, 3.63) is 41.7 Å². The molecular formula is C15H19N5O2. The highest BCUT2D eigenvalue weighted by atomic mass is 16.5. The first-order valence-corrected chi connectivity index (χ1v) is 7.42. The summed E-state index contributed by atoms with van der Waals surface area (Å²) in [5.41, 5.74) is 1.38. The first kappa shape index (κ1) is 14.6. The van der Waals surface area contributed by atoms with Gasteiger partial charge in [0, 0.05) is 44.4 Å². The minimum absolute atomic E-state index is 0.00633. The Bertz CT molecular complexity index is 632. The first-order valence-electron chi connectivity index (χ1n) is 7.42. The number of hydrogen-bond acceptors (Lipinski definition) is 5. The van der Waals surface area contributed by atoms with Gasteiger partial charge in [-0.1, -0.05) is 0 Å². The molecule has 1 fully saturated rings. The van der Waals surface area contributed by atoms with Gasteiger partial charge in [-0.25, -0.2) is 9.97 Å². The molecule has 0 saturated carbocycles. The number of aryl methyl sites for hydroxylation is 1. The van der Waals surface area contributed by atoms with E-state index in [2.05, 4.69) is 20.4 Å². The molecule has 3 heterocycles. The number of rotatable bonds is 4. The van der Waals surface area contributed by atoms with Crippen molar-refractivity contribution in [2.75, 3.05) is 6.61 Å². The molecule has 1 aliphatic rings. The SMILES string of the molecule is Cn1nccc1C(=O)NCc1cnc(C2CCCCO2)nc1. The molecule has 116 valence electrons. The van der Waals surface area contributed by atoms with Crippen LogP contribution < -0.4 is 5.32 Å². The third-order valence-corrected chi connectivity index (χ3v) is 3.70. The average Bonchev–Trinajstić information content (AvgIpc) is 3.00. The van der Waals surface area contributed by atoms with E-state index in [1.54, 1.807) is 31.7 Å². The zero-order chi connectivity index (χ0) is 15.4. The molecule has 1 unspecified atom stereocenters. The predicted octanol–water partition coefficient (Wildman–Crippen LogP) is 1.38. The summed E-state index contributed by atoms with van der Waals surface area (Å²) in [5.74, 6) is 0.557. The van der Waals surface area contributed by atoms with E-state index in [0.717, 1.165) is 37.3 Å². The van der Waals surface area contributed by atoms with Gasteiger partial charge in [-0.15, -0.1) is 0 Å². The van der Waals surface area contributed by atoms with E-state index in [0.29, 0.717) is 12.2 Å². The monoisotopic (exact) mass is 301 g/mol. The molecule has 0 aliphatic carbocycles. The summed E-state index contributed by atoms with van der Waals surface area (Å²) in [7, 11) is 1.73. The number of carbonyl (C=O) groups is 1. The summed E-state index contributed by atoms with van der Waals surface area (Å²) in [5, 5.41) is 6.80. The van der Waals surface area contributed by atoms with E-state index >= 15 is 0 Å². The van der Waals surface area contributed by atoms with Gasteiger partial charge in [0.15, 0.2) is 5.82 Å². The lowest BCUT2D eigenvalue weighted by atomic mass is 10.1. The van der Waals surface area contributed by atoms with Crippen LogP contribution in [0.4, 0.5) is 0 Å². The van der Waals surface area contributed by atoms with Gasteiger partial charge in [-0.05, 0) is 25.3 Å². The first-order chi connectivity index (χ1) is 10.7. The zero-order valence-corrected chi connectivity index (χ0v) is 12.5. The number of hydrogen-bond donors (Lipinski definition) is 1. The molecule has 1 saturated heterocycles. The Labute approximate surface area is 128 Å². The highest BCUT2D eigenvalue weighted by molar-refractivity contribution is 5.92. The number of nitrogens with zero attached hydrogens (tertiary/aromatic N) is 4. The van der Waals surface area contributed by atoms with Crippen molar-refractivity contribution in [1.82, 2.24) is 25.1 Å². The summed E-state index contributed by atoms with van der Waals surface area (Å²) in [6.07, 6.45) is 8.30. The molecule has 0 bridgehead atoms. The summed E-state index contributed by atoms with van der Waals surface area (Å²) < 4.78 is 7.20. The summed E-state index contributed by atoms with van der Waals surface area (Å²) >= 11 is 0. The minimum Gasteiger partial charge on any atom is -0.370 e. The molecule has 1 aliphatic heterocycles. The Kier molecular flexibility index (Phi) is 4.43. The number of nitrogens with one attached hydrogen (secondary N) is 1. The molecule has 3 rings (SSSR count). The molecule has 7 nitrogen and oxygen atoms in total. The normalized spacial score (nSPS) is 18.1. The quantitative estimate of drug-likeness (QED) is 0.922. The molecule has 0 radical (unpaired) electrons. The fourth-order valence-corrected chi connectivity index (χ4v) is 2.44. The number of aromatic nitrogens is 4. The largest absolute Gasteiger partial charge is 0.370 e. The van der Waals surface area contributed by atoms with Gasteiger partial charge in [0.05, 0.1) is 0 Å². The zero-order valence-electron chi connectivity index (χ0n) is 12.5. The van der Waals surface area contributed by atoms with E-state index in [1.165, 1.54) is 4.68 Å². The van der Waals surface area contributed by atoms with E-state index in [1.807, 2.05) is 0 Å². The van der Waals surface area contributed by atoms with Crippen LogP contribution in [0, 0.1) is 0 Å².